The molecule has 0 aromatic heterocycles. The van der Waals surface area contributed by atoms with Gasteiger partial charge >= 0.3 is 5.97 Å². The number of rotatable bonds is 5. The molecule has 16 heavy (non-hydrogen) atoms. The Kier molecular flexibility index (Phi) is 5.77. The van der Waals surface area contributed by atoms with E-state index < -0.39 is 0 Å². The molecule has 4 nitrogen and oxygen atoms in total. The minimum atomic E-state index is -0.151. The zero-order chi connectivity index (χ0) is 12.0. The van der Waals surface area contributed by atoms with Crippen LogP contribution in [-0.4, -0.2) is 32.6 Å². The van der Waals surface area contributed by atoms with Crippen LogP contribution in [0, 0.1) is 11.8 Å². The summed E-state index contributed by atoms with van der Waals surface area (Å²) in [5, 5.41) is 0. The first-order chi connectivity index (χ1) is 7.71. The van der Waals surface area contributed by atoms with Gasteiger partial charge < -0.3 is 14.2 Å². The van der Waals surface area contributed by atoms with Crippen molar-refractivity contribution in [1.29, 1.82) is 0 Å². The highest BCUT2D eigenvalue weighted by Gasteiger charge is 2.32. The molecule has 0 unspecified atom stereocenters. The Balaban J connectivity index is 2.49. The molecule has 0 aromatic carbocycles. The predicted molar refractivity (Wildman–Crippen MR) is 59.9 cm³/mol. The number of hydrogen-bond donors (Lipinski definition) is 0. The molecule has 94 valence electrons. The lowest BCUT2D eigenvalue weighted by molar-refractivity contribution is -0.191. The van der Waals surface area contributed by atoms with Gasteiger partial charge in [-0.25, -0.2) is 0 Å². The molecule has 1 fully saturated rings. The summed E-state index contributed by atoms with van der Waals surface area (Å²) >= 11 is 0. The van der Waals surface area contributed by atoms with Gasteiger partial charge in [0.05, 0.1) is 13.7 Å². The largest absolute Gasteiger partial charge is 0.469 e. The van der Waals surface area contributed by atoms with Crippen molar-refractivity contribution >= 4 is 5.97 Å². The number of carbonyl (C=O) groups is 1. The molecule has 1 saturated heterocycles. The highest BCUT2D eigenvalue weighted by molar-refractivity contribution is 5.69. The van der Waals surface area contributed by atoms with E-state index in [0.717, 1.165) is 12.8 Å². The summed E-state index contributed by atoms with van der Waals surface area (Å²) in [5.41, 5.74) is 0. The van der Waals surface area contributed by atoms with Crippen molar-refractivity contribution in [2.45, 2.75) is 39.4 Å². The molecule has 0 aromatic rings. The highest BCUT2D eigenvalue weighted by atomic mass is 16.7. The fourth-order valence-corrected chi connectivity index (χ4v) is 2.18. The summed E-state index contributed by atoms with van der Waals surface area (Å²) in [6.07, 6.45) is 2.15. The lowest BCUT2D eigenvalue weighted by Gasteiger charge is -2.35. The van der Waals surface area contributed by atoms with Gasteiger partial charge in [0.2, 0.25) is 0 Å². The summed E-state index contributed by atoms with van der Waals surface area (Å²) in [6, 6.07) is 0. The molecule has 4 heteroatoms. The second kappa shape index (κ2) is 6.86. The quantitative estimate of drug-likeness (QED) is 0.677. The van der Waals surface area contributed by atoms with Gasteiger partial charge in [0.1, 0.15) is 0 Å². The fourth-order valence-electron chi connectivity index (χ4n) is 2.18. The smallest absolute Gasteiger partial charge is 0.305 e. The van der Waals surface area contributed by atoms with E-state index in [1.54, 1.807) is 0 Å². The van der Waals surface area contributed by atoms with Gasteiger partial charge in [0.15, 0.2) is 6.29 Å². The second-order valence-electron chi connectivity index (χ2n) is 4.16. The zero-order valence-corrected chi connectivity index (χ0v) is 10.4. The molecule has 0 aliphatic carbocycles. The van der Waals surface area contributed by atoms with Crippen molar-refractivity contribution < 1.29 is 19.0 Å². The molecule has 0 amide bonds. The molecule has 1 heterocycles. The van der Waals surface area contributed by atoms with Crippen molar-refractivity contribution in [3.63, 3.8) is 0 Å². The lowest BCUT2D eigenvalue weighted by Crippen LogP contribution is -2.36. The average Bonchev–Trinajstić information content (AvgIpc) is 2.30. The van der Waals surface area contributed by atoms with Gasteiger partial charge in [-0.05, 0) is 18.8 Å². The van der Waals surface area contributed by atoms with Gasteiger partial charge in [-0.15, -0.1) is 0 Å². The minimum Gasteiger partial charge on any atom is -0.469 e. The standard InChI is InChI=1S/C12H22O4/c1-4-9-8-16-12(15-5-2)7-10(9)6-11(13)14-3/h9-10,12H,4-8H2,1-3H3/t9-,10-,12-/m1/s1. The van der Waals surface area contributed by atoms with Crippen LogP contribution in [0.3, 0.4) is 0 Å². The van der Waals surface area contributed by atoms with E-state index in [4.69, 9.17) is 14.2 Å². The SMILES string of the molecule is CCO[C@H]1C[C@@H](CC(=O)OC)[C@H](CC)CO1. The maximum absolute atomic E-state index is 11.3. The Bertz CT molecular complexity index is 217. The first kappa shape index (κ1) is 13.5. The second-order valence-corrected chi connectivity index (χ2v) is 4.16. The molecule has 1 aliphatic heterocycles. The van der Waals surface area contributed by atoms with Crippen molar-refractivity contribution in [2.24, 2.45) is 11.8 Å². The van der Waals surface area contributed by atoms with Crippen LogP contribution in [0.4, 0.5) is 0 Å². The molecular weight excluding hydrogens is 208 g/mol. The number of ether oxygens (including phenoxy) is 3. The van der Waals surface area contributed by atoms with Crippen LogP contribution in [0.5, 0.6) is 0 Å². The number of methoxy groups -OCH3 is 1. The Labute approximate surface area is 97.2 Å². The van der Waals surface area contributed by atoms with E-state index in [1.807, 2.05) is 6.92 Å². The first-order valence-corrected chi connectivity index (χ1v) is 6.01. The maximum atomic E-state index is 11.3. The molecule has 0 N–H and O–H groups in total. The Morgan fingerprint density at radius 1 is 1.38 bits per heavy atom. The lowest BCUT2D eigenvalue weighted by atomic mass is 9.83. The highest BCUT2D eigenvalue weighted by Crippen LogP contribution is 2.31. The molecule has 1 aliphatic rings. The average molecular weight is 230 g/mol. The fraction of sp³-hybridized carbons (Fsp3) is 0.917. The van der Waals surface area contributed by atoms with E-state index >= 15 is 0 Å². The van der Waals surface area contributed by atoms with Crippen molar-refractivity contribution in [3.05, 3.63) is 0 Å². The molecule has 0 saturated carbocycles. The molecule has 0 radical (unpaired) electrons. The van der Waals surface area contributed by atoms with E-state index in [0.29, 0.717) is 31.5 Å². The zero-order valence-electron chi connectivity index (χ0n) is 10.4. The monoisotopic (exact) mass is 230 g/mol. The molecule has 3 atom stereocenters. The third-order valence-corrected chi connectivity index (χ3v) is 3.19. The van der Waals surface area contributed by atoms with E-state index in [-0.39, 0.29) is 12.3 Å². The molecule has 0 spiro atoms. The van der Waals surface area contributed by atoms with Crippen LogP contribution in [0.1, 0.15) is 33.1 Å². The molecule has 1 rings (SSSR count). The maximum Gasteiger partial charge on any atom is 0.305 e. The van der Waals surface area contributed by atoms with Gasteiger partial charge in [0, 0.05) is 19.4 Å². The Morgan fingerprint density at radius 3 is 2.69 bits per heavy atom. The third-order valence-electron chi connectivity index (χ3n) is 3.19. The third kappa shape index (κ3) is 3.76. The van der Waals surface area contributed by atoms with E-state index in [2.05, 4.69) is 6.92 Å². The molecule has 0 bridgehead atoms. The summed E-state index contributed by atoms with van der Waals surface area (Å²) < 4.78 is 15.8. The summed E-state index contributed by atoms with van der Waals surface area (Å²) in [4.78, 5) is 11.3. The minimum absolute atomic E-state index is 0.138. The first-order valence-electron chi connectivity index (χ1n) is 6.01. The van der Waals surface area contributed by atoms with Gasteiger partial charge in [-0.3, -0.25) is 4.79 Å². The van der Waals surface area contributed by atoms with Gasteiger partial charge in [0.25, 0.3) is 0 Å². The van der Waals surface area contributed by atoms with Gasteiger partial charge in [-0.2, -0.15) is 0 Å². The number of esters is 1. The Hall–Kier alpha value is -0.610. The van der Waals surface area contributed by atoms with E-state index in [1.165, 1.54) is 7.11 Å². The normalized spacial score (nSPS) is 30.1. The van der Waals surface area contributed by atoms with Crippen LogP contribution in [0.2, 0.25) is 0 Å². The van der Waals surface area contributed by atoms with Crippen molar-refractivity contribution in [2.75, 3.05) is 20.3 Å². The topological polar surface area (TPSA) is 44.8 Å². The van der Waals surface area contributed by atoms with Crippen LogP contribution in [0.15, 0.2) is 0 Å². The van der Waals surface area contributed by atoms with Crippen LogP contribution in [0.25, 0.3) is 0 Å². The Morgan fingerprint density at radius 2 is 2.12 bits per heavy atom. The van der Waals surface area contributed by atoms with Crippen molar-refractivity contribution in [3.8, 4) is 0 Å². The van der Waals surface area contributed by atoms with Crippen LogP contribution in [-0.2, 0) is 19.0 Å². The summed E-state index contributed by atoms with van der Waals surface area (Å²) in [5.74, 6) is 0.624. The molecular formula is C12H22O4. The predicted octanol–water partition coefficient (Wildman–Crippen LogP) is 1.97. The van der Waals surface area contributed by atoms with Gasteiger partial charge in [-0.1, -0.05) is 13.3 Å². The van der Waals surface area contributed by atoms with Crippen LogP contribution >= 0.6 is 0 Å². The number of carbonyl (C=O) groups excluding carboxylic acids is 1. The summed E-state index contributed by atoms with van der Waals surface area (Å²) in [7, 11) is 1.43. The number of hydrogen-bond acceptors (Lipinski definition) is 4. The van der Waals surface area contributed by atoms with E-state index in [9.17, 15) is 4.79 Å². The van der Waals surface area contributed by atoms with Crippen LogP contribution < -0.4 is 0 Å². The van der Waals surface area contributed by atoms with Crippen molar-refractivity contribution in [1.82, 2.24) is 0 Å². The summed E-state index contributed by atoms with van der Waals surface area (Å²) in [6.45, 7) is 5.40.